The van der Waals surface area contributed by atoms with E-state index < -0.39 is 0 Å². The predicted octanol–water partition coefficient (Wildman–Crippen LogP) is 1.67. The van der Waals surface area contributed by atoms with Crippen molar-refractivity contribution in [2.45, 2.75) is 26.4 Å². The van der Waals surface area contributed by atoms with E-state index in [0.29, 0.717) is 25.3 Å². The van der Waals surface area contributed by atoms with Crippen LogP contribution in [0.5, 0.6) is 0 Å². The van der Waals surface area contributed by atoms with Crippen LogP contribution in [0.3, 0.4) is 0 Å². The predicted molar refractivity (Wildman–Crippen MR) is 94.3 cm³/mol. The van der Waals surface area contributed by atoms with E-state index in [0.717, 1.165) is 26.1 Å². The Kier molecular flexibility index (Phi) is 5.42. The molecule has 0 saturated carbocycles. The fraction of sp³-hybridized carbons (Fsp3) is 0.471. The van der Waals surface area contributed by atoms with Gasteiger partial charge in [0, 0.05) is 50.2 Å². The molecule has 0 N–H and O–H groups in total. The lowest BCUT2D eigenvalue weighted by Gasteiger charge is -2.34. The summed E-state index contributed by atoms with van der Waals surface area (Å²) in [5.74, 6) is -0.0874. The van der Waals surface area contributed by atoms with Gasteiger partial charge in [0.1, 0.15) is 5.69 Å². The quantitative estimate of drug-likeness (QED) is 0.826. The Hall–Kier alpha value is -1.99. The summed E-state index contributed by atoms with van der Waals surface area (Å²) in [6, 6.07) is 7.18. The van der Waals surface area contributed by atoms with Gasteiger partial charge in [0.2, 0.25) is 0 Å². The SMILES string of the molecule is CCCn1nc(C(=O)N2CCN(Cc3cccs3)CC2)ccc1=O. The Morgan fingerprint density at radius 3 is 2.67 bits per heavy atom. The Morgan fingerprint density at radius 1 is 1.21 bits per heavy atom. The van der Waals surface area contributed by atoms with Gasteiger partial charge in [-0.1, -0.05) is 13.0 Å². The van der Waals surface area contributed by atoms with E-state index in [1.54, 1.807) is 11.3 Å². The van der Waals surface area contributed by atoms with Crippen molar-refractivity contribution in [2.24, 2.45) is 0 Å². The van der Waals surface area contributed by atoms with E-state index in [-0.39, 0.29) is 11.5 Å². The number of thiophene rings is 1. The van der Waals surface area contributed by atoms with E-state index >= 15 is 0 Å². The van der Waals surface area contributed by atoms with Crippen LogP contribution < -0.4 is 5.56 Å². The third kappa shape index (κ3) is 3.91. The molecule has 1 amide bonds. The van der Waals surface area contributed by atoms with Gasteiger partial charge in [-0.2, -0.15) is 5.10 Å². The first-order valence-corrected chi connectivity index (χ1v) is 9.17. The van der Waals surface area contributed by atoms with Gasteiger partial charge in [-0.15, -0.1) is 11.3 Å². The average Bonchev–Trinajstić information content (AvgIpc) is 3.10. The molecule has 1 fully saturated rings. The van der Waals surface area contributed by atoms with Crippen LogP contribution in [0.1, 0.15) is 28.7 Å². The monoisotopic (exact) mass is 346 g/mol. The van der Waals surface area contributed by atoms with Gasteiger partial charge >= 0.3 is 0 Å². The van der Waals surface area contributed by atoms with Crippen molar-refractivity contribution >= 4 is 17.2 Å². The maximum absolute atomic E-state index is 12.6. The zero-order chi connectivity index (χ0) is 16.9. The highest BCUT2D eigenvalue weighted by molar-refractivity contribution is 7.09. The molecule has 0 bridgehead atoms. The first kappa shape index (κ1) is 16.9. The van der Waals surface area contributed by atoms with Crippen LogP contribution in [-0.4, -0.2) is 51.7 Å². The average molecular weight is 346 g/mol. The fourth-order valence-corrected chi connectivity index (χ4v) is 3.58. The number of hydrogen-bond acceptors (Lipinski definition) is 5. The highest BCUT2D eigenvalue weighted by atomic mass is 32.1. The molecule has 6 nitrogen and oxygen atoms in total. The normalized spacial score (nSPS) is 15.6. The lowest BCUT2D eigenvalue weighted by molar-refractivity contribution is 0.0621. The first-order chi connectivity index (χ1) is 11.7. The standard InChI is InChI=1S/C17H22N4O2S/c1-2-7-21-16(22)6-5-15(18-21)17(23)20-10-8-19(9-11-20)13-14-4-3-12-24-14/h3-6,12H,2,7-11,13H2,1H3. The zero-order valence-corrected chi connectivity index (χ0v) is 14.7. The van der Waals surface area contributed by atoms with E-state index in [9.17, 15) is 9.59 Å². The van der Waals surface area contributed by atoms with Crippen LogP contribution in [0, 0.1) is 0 Å². The summed E-state index contributed by atoms with van der Waals surface area (Å²) in [6.45, 7) is 6.57. The second-order valence-corrected chi connectivity index (χ2v) is 6.96. The number of aromatic nitrogens is 2. The molecule has 128 valence electrons. The third-order valence-corrected chi connectivity index (χ3v) is 5.00. The molecule has 0 unspecified atom stereocenters. The molecule has 0 aromatic carbocycles. The minimum atomic E-state index is -0.158. The topological polar surface area (TPSA) is 58.4 Å². The minimum Gasteiger partial charge on any atom is -0.335 e. The van der Waals surface area contributed by atoms with Crippen LogP contribution in [0.15, 0.2) is 34.4 Å². The molecule has 7 heteroatoms. The molecule has 1 aliphatic heterocycles. The van der Waals surface area contributed by atoms with Crippen molar-refractivity contribution in [1.29, 1.82) is 0 Å². The zero-order valence-electron chi connectivity index (χ0n) is 13.9. The maximum atomic E-state index is 12.6. The Morgan fingerprint density at radius 2 is 2.00 bits per heavy atom. The first-order valence-electron chi connectivity index (χ1n) is 8.29. The summed E-state index contributed by atoms with van der Waals surface area (Å²) < 4.78 is 1.38. The summed E-state index contributed by atoms with van der Waals surface area (Å²) in [5.41, 5.74) is 0.198. The molecule has 1 aliphatic rings. The molecule has 0 atom stereocenters. The van der Waals surface area contributed by atoms with E-state index in [1.807, 2.05) is 11.8 Å². The highest BCUT2D eigenvalue weighted by Crippen LogP contribution is 2.14. The van der Waals surface area contributed by atoms with Gasteiger partial charge in [-0.3, -0.25) is 14.5 Å². The molecule has 0 spiro atoms. The van der Waals surface area contributed by atoms with Gasteiger partial charge in [-0.05, 0) is 23.9 Å². The van der Waals surface area contributed by atoms with Crippen LogP contribution >= 0.6 is 11.3 Å². The Bertz CT molecular complexity index is 733. The van der Waals surface area contributed by atoms with Gasteiger partial charge in [0.05, 0.1) is 0 Å². The van der Waals surface area contributed by atoms with Crippen molar-refractivity contribution < 1.29 is 4.79 Å². The number of hydrogen-bond donors (Lipinski definition) is 0. The summed E-state index contributed by atoms with van der Waals surface area (Å²) in [6.07, 6.45) is 0.811. The van der Waals surface area contributed by atoms with Crippen molar-refractivity contribution in [3.05, 3.63) is 50.6 Å². The summed E-state index contributed by atoms with van der Waals surface area (Å²) in [7, 11) is 0. The van der Waals surface area contributed by atoms with Crippen molar-refractivity contribution in [3.63, 3.8) is 0 Å². The van der Waals surface area contributed by atoms with Crippen LogP contribution in [0.2, 0.25) is 0 Å². The van der Waals surface area contributed by atoms with E-state index in [2.05, 4.69) is 27.5 Å². The van der Waals surface area contributed by atoms with Gasteiger partial charge in [-0.25, -0.2) is 4.68 Å². The second-order valence-electron chi connectivity index (χ2n) is 5.93. The molecule has 3 heterocycles. The molecule has 2 aromatic rings. The van der Waals surface area contributed by atoms with Gasteiger partial charge in [0.25, 0.3) is 11.5 Å². The molecular weight excluding hydrogens is 324 g/mol. The third-order valence-electron chi connectivity index (χ3n) is 4.14. The number of amides is 1. The minimum absolute atomic E-state index is 0.0874. The lowest BCUT2D eigenvalue weighted by atomic mass is 10.2. The van der Waals surface area contributed by atoms with Gasteiger partial charge in [0.15, 0.2) is 0 Å². The molecule has 2 aromatic heterocycles. The van der Waals surface area contributed by atoms with E-state index in [4.69, 9.17) is 0 Å². The smallest absolute Gasteiger partial charge is 0.274 e. The van der Waals surface area contributed by atoms with Gasteiger partial charge < -0.3 is 4.90 Å². The highest BCUT2D eigenvalue weighted by Gasteiger charge is 2.23. The number of piperazine rings is 1. The molecule has 0 aliphatic carbocycles. The molecular formula is C17H22N4O2S. The number of rotatable bonds is 5. The molecule has 24 heavy (non-hydrogen) atoms. The lowest BCUT2D eigenvalue weighted by Crippen LogP contribution is -2.48. The largest absolute Gasteiger partial charge is 0.335 e. The summed E-state index contributed by atoms with van der Waals surface area (Å²) in [4.78, 5) is 29.9. The van der Waals surface area contributed by atoms with Crippen LogP contribution in [0.25, 0.3) is 0 Å². The number of carbonyl (C=O) groups excluding carboxylic acids is 1. The van der Waals surface area contributed by atoms with Crippen molar-refractivity contribution in [2.75, 3.05) is 26.2 Å². The van der Waals surface area contributed by atoms with Crippen molar-refractivity contribution in [3.8, 4) is 0 Å². The summed E-state index contributed by atoms with van der Waals surface area (Å²) >= 11 is 1.76. The fourth-order valence-electron chi connectivity index (χ4n) is 2.83. The molecule has 3 rings (SSSR count). The number of aryl methyl sites for hydroxylation is 1. The Balaban J connectivity index is 1.60. The maximum Gasteiger partial charge on any atom is 0.274 e. The Labute approximate surface area is 145 Å². The summed E-state index contributed by atoms with van der Waals surface area (Å²) in [5, 5.41) is 6.31. The molecule has 0 radical (unpaired) electrons. The number of nitrogens with zero attached hydrogens (tertiary/aromatic N) is 4. The van der Waals surface area contributed by atoms with E-state index in [1.165, 1.54) is 21.7 Å². The van der Waals surface area contributed by atoms with Crippen LogP contribution in [-0.2, 0) is 13.1 Å². The van der Waals surface area contributed by atoms with Crippen molar-refractivity contribution in [1.82, 2.24) is 19.6 Å². The number of carbonyl (C=O) groups is 1. The second kappa shape index (κ2) is 7.72. The molecule has 1 saturated heterocycles. The van der Waals surface area contributed by atoms with Crippen LogP contribution in [0.4, 0.5) is 0 Å².